The number of benzene rings is 1. The van der Waals surface area contributed by atoms with Gasteiger partial charge in [0.1, 0.15) is 6.04 Å². The number of nitrogens with zero attached hydrogens (tertiary/aromatic N) is 3. The second-order valence-corrected chi connectivity index (χ2v) is 5.09. The summed E-state index contributed by atoms with van der Waals surface area (Å²) in [4.78, 5) is 10.7. The molecule has 3 N–H and O–H groups in total. The Morgan fingerprint density at radius 1 is 1.58 bits per heavy atom. The van der Waals surface area contributed by atoms with Gasteiger partial charge in [-0.15, -0.1) is 5.10 Å². The van der Waals surface area contributed by atoms with Crippen molar-refractivity contribution in [1.29, 1.82) is 0 Å². The van der Waals surface area contributed by atoms with E-state index in [9.17, 15) is 4.79 Å². The highest BCUT2D eigenvalue weighted by molar-refractivity contribution is 9.10. The fourth-order valence-electron chi connectivity index (χ4n) is 1.56. The summed E-state index contributed by atoms with van der Waals surface area (Å²) in [5.41, 5.74) is 7.97. The van der Waals surface area contributed by atoms with Gasteiger partial charge in [0.25, 0.3) is 0 Å². The zero-order valence-electron chi connectivity index (χ0n) is 10.2. The average Bonchev–Trinajstić information content (AvgIpc) is 2.81. The van der Waals surface area contributed by atoms with Gasteiger partial charge in [-0.3, -0.25) is 4.79 Å². The van der Waals surface area contributed by atoms with Crippen LogP contribution >= 0.6 is 15.9 Å². The van der Waals surface area contributed by atoms with Crippen LogP contribution in [0.25, 0.3) is 5.69 Å². The lowest BCUT2D eigenvalue weighted by atomic mass is 10.2. The van der Waals surface area contributed by atoms with Gasteiger partial charge in [0.05, 0.1) is 17.6 Å². The molecule has 1 heterocycles. The van der Waals surface area contributed by atoms with Gasteiger partial charge >= 0.3 is 5.97 Å². The molecule has 6 nitrogen and oxygen atoms in total. The Morgan fingerprint density at radius 3 is 2.95 bits per heavy atom. The first-order valence-electron chi connectivity index (χ1n) is 5.63. The fourth-order valence-corrected chi connectivity index (χ4v) is 1.92. The summed E-state index contributed by atoms with van der Waals surface area (Å²) in [7, 11) is 0. The van der Waals surface area contributed by atoms with Gasteiger partial charge in [0.2, 0.25) is 0 Å². The normalized spacial score (nSPS) is 12.4. The second kappa shape index (κ2) is 5.50. The van der Waals surface area contributed by atoms with Gasteiger partial charge in [-0.1, -0.05) is 27.2 Å². The molecule has 2 rings (SSSR count). The molecule has 0 radical (unpaired) electrons. The topological polar surface area (TPSA) is 94.0 Å². The monoisotopic (exact) mass is 324 g/mol. The molecule has 0 aliphatic heterocycles. The molecule has 1 aromatic heterocycles. The molecule has 0 amide bonds. The molecular weight excluding hydrogens is 312 g/mol. The summed E-state index contributed by atoms with van der Waals surface area (Å²) in [6.07, 6.45) is 1.84. The van der Waals surface area contributed by atoms with Gasteiger partial charge in [0.15, 0.2) is 0 Å². The Labute approximate surface area is 118 Å². The second-order valence-electron chi connectivity index (χ2n) is 4.24. The van der Waals surface area contributed by atoms with Gasteiger partial charge in [-0.25, -0.2) is 4.68 Å². The van der Waals surface area contributed by atoms with Crippen molar-refractivity contribution in [3.63, 3.8) is 0 Å². The highest BCUT2D eigenvalue weighted by Crippen LogP contribution is 2.19. The van der Waals surface area contributed by atoms with Crippen LogP contribution in [0.4, 0.5) is 0 Å². The summed E-state index contributed by atoms with van der Waals surface area (Å²) in [5.74, 6) is -1.05. The van der Waals surface area contributed by atoms with Crippen molar-refractivity contribution < 1.29 is 9.90 Å². The van der Waals surface area contributed by atoms with E-state index in [1.807, 2.05) is 25.1 Å². The van der Waals surface area contributed by atoms with Crippen molar-refractivity contribution >= 4 is 21.9 Å². The highest BCUT2D eigenvalue weighted by Gasteiger charge is 2.14. The molecule has 2 aromatic rings. The van der Waals surface area contributed by atoms with Gasteiger partial charge in [-0.2, -0.15) is 0 Å². The molecule has 7 heteroatoms. The minimum atomic E-state index is -1.05. The number of aromatic nitrogens is 3. The molecule has 0 saturated heterocycles. The Hall–Kier alpha value is -1.73. The molecule has 0 aliphatic rings. The lowest BCUT2D eigenvalue weighted by molar-refractivity contribution is -0.138. The van der Waals surface area contributed by atoms with Crippen LogP contribution in [0.5, 0.6) is 0 Å². The summed E-state index contributed by atoms with van der Waals surface area (Å²) in [5, 5.41) is 16.6. The number of carboxylic acids is 1. The number of nitrogens with two attached hydrogens (primary N) is 1. The third-order valence-corrected chi connectivity index (χ3v) is 3.56. The number of aliphatic carboxylic acids is 1. The minimum Gasteiger partial charge on any atom is -0.480 e. The zero-order valence-corrected chi connectivity index (χ0v) is 11.8. The Kier molecular flexibility index (Phi) is 3.96. The SMILES string of the molecule is Cc1ccc(-n2cc(CC(N)C(=O)O)nn2)cc1Br. The summed E-state index contributed by atoms with van der Waals surface area (Å²) >= 11 is 3.45. The van der Waals surface area contributed by atoms with Crippen LogP contribution in [0.1, 0.15) is 11.3 Å². The van der Waals surface area contributed by atoms with E-state index in [0.29, 0.717) is 5.69 Å². The van der Waals surface area contributed by atoms with Crippen LogP contribution in [-0.2, 0) is 11.2 Å². The first kappa shape index (κ1) is 13.7. The van der Waals surface area contributed by atoms with Gasteiger partial charge < -0.3 is 10.8 Å². The van der Waals surface area contributed by atoms with Crippen molar-refractivity contribution in [1.82, 2.24) is 15.0 Å². The third-order valence-electron chi connectivity index (χ3n) is 2.71. The number of halogens is 1. The molecule has 1 atom stereocenters. The molecule has 0 aliphatic carbocycles. The minimum absolute atomic E-state index is 0.155. The lowest BCUT2D eigenvalue weighted by Gasteiger charge is -2.03. The van der Waals surface area contributed by atoms with Crippen LogP contribution in [0.15, 0.2) is 28.9 Å². The van der Waals surface area contributed by atoms with Gasteiger partial charge in [0, 0.05) is 10.9 Å². The Balaban J connectivity index is 2.20. The van der Waals surface area contributed by atoms with E-state index in [1.165, 1.54) is 0 Å². The van der Waals surface area contributed by atoms with Crippen molar-refractivity contribution in [2.75, 3.05) is 0 Å². The van der Waals surface area contributed by atoms with Crippen molar-refractivity contribution in [3.05, 3.63) is 40.1 Å². The first-order valence-corrected chi connectivity index (χ1v) is 6.43. The quantitative estimate of drug-likeness (QED) is 0.883. The summed E-state index contributed by atoms with van der Waals surface area (Å²) < 4.78 is 2.57. The fraction of sp³-hybridized carbons (Fsp3) is 0.250. The number of carboxylic acid groups (broad SMARTS) is 1. The molecule has 0 bridgehead atoms. The molecule has 100 valence electrons. The molecule has 1 aromatic carbocycles. The van der Waals surface area contributed by atoms with E-state index in [4.69, 9.17) is 10.8 Å². The average molecular weight is 325 g/mol. The van der Waals surface area contributed by atoms with Crippen molar-refractivity contribution in [3.8, 4) is 5.69 Å². The van der Waals surface area contributed by atoms with E-state index in [0.717, 1.165) is 15.7 Å². The van der Waals surface area contributed by atoms with Crippen LogP contribution in [0.2, 0.25) is 0 Å². The standard InChI is InChI=1S/C12H13BrN4O2/c1-7-2-3-9(5-10(7)13)17-6-8(15-16-17)4-11(14)12(18)19/h2-3,5-6,11H,4,14H2,1H3,(H,18,19). The number of hydrogen-bond donors (Lipinski definition) is 2. The molecule has 0 saturated carbocycles. The number of rotatable bonds is 4. The predicted octanol–water partition coefficient (Wildman–Crippen LogP) is 1.29. The third kappa shape index (κ3) is 3.18. The smallest absolute Gasteiger partial charge is 0.320 e. The number of carbonyl (C=O) groups is 1. The van der Waals surface area contributed by atoms with E-state index < -0.39 is 12.0 Å². The maximum absolute atomic E-state index is 10.7. The summed E-state index contributed by atoms with van der Waals surface area (Å²) in [6.45, 7) is 1.99. The zero-order chi connectivity index (χ0) is 14.0. The molecule has 19 heavy (non-hydrogen) atoms. The Bertz CT molecular complexity index is 612. The Morgan fingerprint density at radius 2 is 2.32 bits per heavy atom. The molecule has 1 unspecified atom stereocenters. The predicted molar refractivity (Wildman–Crippen MR) is 73.1 cm³/mol. The van der Waals surface area contributed by atoms with Crippen LogP contribution in [-0.4, -0.2) is 32.1 Å². The van der Waals surface area contributed by atoms with Gasteiger partial charge in [-0.05, 0) is 24.6 Å². The van der Waals surface area contributed by atoms with E-state index >= 15 is 0 Å². The maximum Gasteiger partial charge on any atom is 0.320 e. The largest absolute Gasteiger partial charge is 0.480 e. The first-order chi connectivity index (χ1) is 8.97. The van der Waals surface area contributed by atoms with Crippen LogP contribution in [0.3, 0.4) is 0 Å². The van der Waals surface area contributed by atoms with E-state index in [1.54, 1.807) is 10.9 Å². The maximum atomic E-state index is 10.7. The number of hydrogen-bond acceptors (Lipinski definition) is 4. The van der Waals surface area contributed by atoms with Crippen molar-refractivity contribution in [2.45, 2.75) is 19.4 Å². The molecule has 0 fully saturated rings. The number of aryl methyl sites for hydroxylation is 1. The highest BCUT2D eigenvalue weighted by atomic mass is 79.9. The molecule has 0 spiro atoms. The summed E-state index contributed by atoms with van der Waals surface area (Å²) in [6, 6.07) is 4.83. The van der Waals surface area contributed by atoms with Crippen molar-refractivity contribution in [2.24, 2.45) is 5.73 Å². The van der Waals surface area contributed by atoms with E-state index in [2.05, 4.69) is 26.2 Å². The van der Waals surface area contributed by atoms with Crippen LogP contribution < -0.4 is 5.73 Å². The van der Waals surface area contributed by atoms with E-state index in [-0.39, 0.29) is 6.42 Å². The lowest BCUT2D eigenvalue weighted by Crippen LogP contribution is -2.32. The molecular formula is C12H13BrN4O2. The van der Waals surface area contributed by atoms with Crippen LogP contribution in [0, 0.1) is 6.92 Å².